The summed E-state index contributed by atoms with van der Waals surface area (Å²) in [4.78, 5) is 8.35. The summed E-state index contributed by atoms with van der Waals surface area (Å²) in [7, 11) is -2.90. The molecule has 0 saturated carbocycles. The highest BCUT2D eigenvalue weighted by Gasteiger charge is 2.21. The van der Waals surface area contributed by atoms with Crippen molar-refractivity contribution in [2.45, 2.75) is 6.43 Å². The van der Waals surface area contributed by atoms with Crippen molar-refractivity contribution in [3.8, 4) is 5.75 Å². The second-order valence-corrected chi connectivity index (χ2v) is 2.83. The minimum atomic E-state index is -2.90. The normalized spacial score (nSPS) is 11.5. The molecule has 70 valence electrons. The van der Waals surface area contributed by atoms with Gasteiger partial charge in [-0.25, -0.2) is 13.3 Å². The summed E-state index contributed by atoms with van der Waals surface area (Å²) in [6.45, 7) is 0. The van der Waals surface area contributed by atoms with Crippen LogP contribution in [-0.2, 0) is 4.57 Å². The van der Waals surface area contributed by atoms with Crippen molar-refractivity contribution >= 4 is 8.25 Å². The Morgan fingerprint density at radius 1 is 1.38 bits per heavy atom. The van der Waals surface area contributed by atoms with Crippen molar-refractivity contribution < 1.29 is 22.8 Å². The summed E-state index contributed by atoms with van der Waals surface area (Å²) in [6.07, 6.45) is -2.72. The van der Waals surface area contributed by atoms with Crippen LogP contribution in [0.1, 0.15) is 12.0 Å². The maximum atomic E-state index is 12.2. The van der Waals surface area contributed by atoms with Gasteiger partial charge in [0.2, 0.25) is 0 Å². The van der Waals surface area contributed by atoms with E-state index in [9.17, 15) is 13.3 Å². The fourth-order valence-electron chi connectivity index (χ4n) is 0.828. The number of halogens is 2. The molecule has 0 fully saturated rings. The summed E-state index contributed by atoms with van der Waals surface area (Å²) in [5.74, 6) is -0.263. The molecule has 0 saturated heterocycles. The molecule has 0 aliphatic rings. The molecule has 0 bridgehead atoms. The Morgan fingerprint density at radius 3 is 2.54 bits per heavy atom. The minimum Gasteiger partial charge on any atom is -0.229 e. The lowest BCUT2D eigenvalue weighted by molar-refractivity contribution is 0.149. The number of rotatable bonds is 3. The summed E-state index contributed by atoms with van der Waals surface area (Å²) in [5, 5.41) is 0. The van der Waals surface area contributed by atoms with Gasteiger partial charge < -0.3 is 0 Å². The Labute approximate surface area is 73.9 Å². The molecule has 0 spiro atoms. The highest BCUT2D eigenvalue weighted by Crippen LogP contribution is 2.32. The van der Waals surface area contributed by atoms with Crippen molar-refractivity contribution in [1.29, 1.82) is 0 Å². The molecule has 0 aromatic heterocycles. The van der Waals surface area contributed by atoms with Gasteiger partial charge in [-0.3, -0.25) is 0 Å². The largest absolute Gasteiger partial charge is 0.747 e. The first kappa shape index (κ1) is 10.0. The molecular weight excluding hydrogens is 201 g/mol. The molecule has 0 heterocycles. The van der Waals surface area contributed by atoms with E-state index in [1.165, 1.54) is 18.2 Å². The van der Waals surface area contributed by atoms with Crippen LogP contribution in [0.4, 0.5) is 8.78 Å². The number of hydrogen-bond donors (Lipinski definition) is 1. The van der Waals surface area contributed by atoms with E-state index in [4.69, 9.17) is 4.89 Å². The van der Waals surface area contributed by atoms with Gasteiger partial charge in [0, 0.05) is 4.57 Å². The highest BCUT2D eigenvalue weighted by molar-refractivity contribution is 7.32. The highest BCUT2D eigenvalue weighted by atomic mass is 31.1. The van der Waals surface area contributed by atoms with Gasteiger partial charge in [0.25, 0.3) is 6.43 Å². The van der Waals surface area contributed by atoms with Gasteiger partial charge >= 0.3 is 8.25 Å². The zero-order valence-electron chi connectivity index (χ0n) is 6.35. The lowest BCUT2D eigenvalue weighted by Gasteiger charge is -2.00. The third-order valence-corrected chi connectivity index (χ3v) is 1.68. The van der Waals surface area contributed by atoms with E-state index in [1.807, 2.05) is 0 Å². The molecule has 6 heteroatoms. The van der Waals surface area contributed by atoms with E-state index in [-0.39, 0.29) is 11.3 Å². The Bertz CT molecular complexity index is 316. The van der Waals surface area contributed by atoms with E-state index < -0.39 is 14.7 Å². The smallest absolute Gasteiger partial charge is 0.229 e. The molecule has 0 aliphatic heterocycles. The van der Waals surface area contributed by atoms with Gasteiger partial charge in [0.05, 0.1) is 5.56 Å². The zero-order valence-corrected chi connectivity index (χ0v) is 7.25. The summed E-state index contributed by atoms with van der Waals surface area (Å²) >= 11 is 0. The third kappa shape index (κ3) is 2.72. The number of alkyl halides is 2. The molecule has 0 radical (unpaired) electrons. The molecule has 1 aromatic rings. The molecule has 1 unspecified atom stereocenters. The monoisotopic (exact) mass is 207 g/mol. The van der Waals surface area contributed by atoms with E-state index in [0.717, 1.165) is 6.07 Å². The third-order valence-electron chi connectivity index (χ3n) is 1.33. The van der Waals surface area contributed by atoms with E-state index in [0.29, 0.717) is 0 Å². The number of benzene rings is 1. The second kappa shape index (κ2) is 4.25. The van der Waals surface area contributed by atoms with Gasteiger partial charge in [-0.2, -0.15) is 0 Å². The Morgan fingerprint density at radius 2 is 2.00 bits per heavy atom. The lowest BCUT2D eigenvalue weighted by Crippen LogP contribution is -1.89. The summed E-state index contributed by atoms with van der Waals surface area (Å²) < 4.78 is 39.0. The van der Waals surface area contributed by atoms with Crippen molar-refractivity contribution in [3.63, 3.8) is 0 Å². The molecule has 1 rings (SSSR count). The van der Waals surface area contributed by atoms with Crippen LogP contribution in [-0.4, -0.2) is 4.89 Å². The van der Waals surface area contributed by atoms with Crippen LogP contribution in [0, 0.1) is 0 Å². The fraction of sp³-hybridized carbons (Fsp3) is 0.143. The lowest BCUT2D eigenvalue weighted by atomic mass is 10.2. The fourth-order valence-corrected chi connectivity index (χ4v) is 1.16. The van der Waals surface area contributed by atoms with Crippen molar-refractivity contribution in [2.24, 2.45) is 0 Å². The molecule has 0 aliphatic carbocycles. The first-order valence-electron chi connectivity index (χ1n) is 3.32. The van der Waals surface area contributed by atoms with Crippen molar-refractivity contribution in [1.82, 2.24) is 0 Å². The van der Waals surface area contributed by atoms with Gasteiger partial charge in [0.15, 0.2) is 5.75 Å². The first-order chi connectivity index (χ1) is 6.11. The predicted octanol–water partition coefficient (Wildman–Crippen LogP) is 2.65. The standard InChI is InChI=1S/C7H5F2O3P/c8-7(9)5-3-1-2-4-6(5)12-13(10)11/h1-4,7H/p+1. The van der Waals surface area contributed by atoms with E-state index in [1.54, 1.807) is 0 Å². The van der Waals surface area contributed by atoms with Gasteiger partial charge in [-0.1, -0.05) is 12.1 Å². The van der Waals surface area contributed by atoms with Crippen LogP contribution in [0.15, 0.2) is 24.3 Å². The maximum Gasteiger partial charge on any atom is 0.747 e. The van der Waals surface area contributed by atoms with Crippen LogP contribution >= 0.6 is 8.25 Å². The summed E-state index contributed by atoms with van der Waals surface area (Å²) in [6, 6.07) is 5.20. The quantitative estimate of drug-likeness (QED) is 0.775. The average Bonchev–Trinajstić information content (AvgIpc) is 2.03. The van der Waals surface area contributed by atoms with Gasteiger partial charge in [-0.15, -0.1) is 4.89 Å². The Hall–Kier alpha value is -1.06. The maximum absolute atomic E-state index is 12.2. The Kier molecular flexibility index (Phi) is 3.28. The topological polar surface area (TPSA) is 46.5 Å². The molecule has 3 nitrogen and oxygen atoms in total. The molecule has 1 atom stereocenters. The van der Waals surface area contributed by atoms with Crippen LogP contribution in [0.5, 0.6) is 5.75 Å². The van der Waals surface area contributed by atoms with E-state index in [2.05, 4.69) is 4.52 Å². The number of hydrogen-bond acceptors (Lipinski definition) is 2. The molecule has 0 amide bonds. The molecule has 13 heavy (non-hydrogen) atoms. The SMILES string of the molecule is O=[P+](O)Oc1ccccc1C(F)F. The zero-order chi connectivity index (χ0) is 9.84. The summed E-state index contributed by atoms with van der Waals surface area (Å²) in [5.41, 5.74) is -0.389. The Balaban J connectivity index is 2.97. The van der Waals surface area contributed by atoms with E-state index >= 15 is 0 Å². The molecule has 1 aromatic carbocycles. The van der Waals surface area contributed by atoms with Crippen LogP contribution < -0.4 is 4.52 Å². The van der Waals surface area contributed by atoms with Crippen LogP contribution in [0.2, 0.25) is 0 Å². The number of para-hydroxylation sites is 1. The van der Waals surface area contributed by atoms with Crippen molar-refractivity contribution in [2.75, 3.05) is 0 Å². The average molecular weight is 207 g/mol. The van der Waals surface area contributed by atoms with Crippen molar-refractivity contribution in [3.05, 3.63) is 29.8 Å². The predicted molar refractivity (Wildman–Crippen MR) is 41.9 cm³/mol. The molecule has 1 N–H and O–H groups in total. The first-order valence-corrected chi connectivity index (χ1v) is 4.45. The van der Waals surface area contributed by atoms with Gasteiger partial charge in [-0.05, 0) is 12.1 Å². The van der Waals surface area contributed by atoms with Crippen LogP contribution in [0.3, 0.4) is 0 Å². The molecular formula is C7H6F2O3P+. The van der Waals surface area contributed by atoms with Crippen LogP contribution in [0.25, 0.3) is 0 Å². The second-order valence-electron chi connectivity index (χ2n) is 2.17. The minimum absolute atomic E-state index is 0.263. The van der Waals surface area contributed by atoms with Gasteiger partial charge in [0.1, 0.15) is 0 Å².